The van der Waals surface area contributed by atoms with E-state index in [2.05, 4.69) is 5.32 Å². The van der Waals surface area contributed by atoms with E-state index in [4.69, 9.17) is 9.47 Å². The van der Waals surface area contributed by atoms with Crippen LogP contribution >= 0.6 is 11.8 Å². The molecule has 5 rings (SSSR count). The molecule has 3 aliphatic rings. The normalized spacial score (nSPS) is 22.5. The van der Waals surface area contributed by atoms with Crippen LogP contribution in [-0.2, 0) is 28.7 Å². The average Bonchev–Trinajstić information content (AvgIpc) is 3.02. The number of carbonyl (C=O) groups is 5. The third-order valence-electron chi connectivity index (χ3n) is 8.14. The maximum Gasteiger partial charge on any atom is 0.352 e. The van der Waals surface area contributed by atoms with Gasteiger partial charge in [0.1, 0.15) is 29.5 Å². The van der Waals surface area contributed by atoms with Crippen molar-refractivity contribution in [2.45, 2.75) is 56.5 Å². The number of fused-ring (bicyclic) bond motifs is 1. The highest BCUT2D eigenvalue weighted by Gasteiger charge is 2.54. The van der Waals surface area contributed by atoms with Crippen molar-refractivity contribution in [3.63, 3.8) is 0 Å². The lowest BCUT2D eigenvalue weighted by Crippen LogP contribution is -2.70. The van der Waals surface area contributed by atoms with Crippen LogP contribution < -0.4 is 15.0 Å². The zero-order valence-corrected chi connectivity index (χ0v) is 25.4. The number of methoxy groups -OCH3 is 1. The van der Waals surface area contributed by atoms with Crippen LogP contribution in [0.25, 0.3) is 0 Å². The van der Waals surface area contributed by atoms with Crippen molar-refractivity contribution in [2.75, 3.05) is 24.4 Å². The number of amides is 3. The number of esters is 1. The van der Waals surface area contributed by atoms with Crippen LogP contribution in [0.4, 0.5) is 5.69 Å². The van der Waals surface area contributed by atoms with Gasteiger partial charge in [-0.1, -0.05) is 43.2 Å². The number of anilines is 1. The zero-order chi connectivity index (χ0) is 31.4. The topological polar surface area (TPSA) is 143 Å². The Hall–Kier alpha value is -4.32. The summed E-state index contributed by atoms with van der Waals surface area (Å²) in [6.07, 6.45) is 3.03. The largest absolute Gasteiger partial charge is 0.497 e. The number of aliphatic carboxylic acids is 1. The van der Waals surface area contributed by atoms with Crippen LogP contribution in [-0.4, -0.2) is 70.6 Å². The summed E-state index contributed by atoms with van der Waals surface area (Å²) in [7, 11) is 1.60. The number of ether oxygens (including phenoxy) is 2. The molecule has 3 heterocycles. The molecule has 2 aromatic rings. The molecule has 11 nitrogen and oxygen atoms in total. The van der Waals surface area contributed by atoms with Crippen LogP contribution in [0.15, 0.2) is 65.9 Å². The number of rotatable bonds is 13. The summed E-state index contributed by atoms with van der Waals surface area (Å²) in [5.74, 6) is -1.67. The number of unbranched alkanes of at least 4 members (excludes halogenated alkanes) is 2. The molecule has 232 valence electrons. The number of thioether (sulfide) groups is 1. The first-order chi connectivity index (χ1) is 21.2. The van der Waals surface area contributed by atoms with Crippen LogP contribution in [0.1, 0.15) is 50.6 Å². The predicted molar refractivity (Wildman–Crippen MR) is 163 cm³/mol. The van der Waals surface area contributed by atoms with E-state index in [0.29, 0.717) is 18.4 Å². The summed E-state index contributed by atoms with van der Waals surface area (Å²) in [6, 6.07) is 16.6. The fourth-order valence-corrected chi connectivity index (χ4v) is 7.27. The first-order valence-electron chi connectivity index (χ1n) is 14.6. The van der Waals surface area contributed by atoms with Gasteiger partial charge in [0.15, 0.2) is 0 Å². The molecule has 0 spiro atoms. The average molecular weight is 622 g/mol. The van der Waals surface area contributed by atoms with Crippen molar-refractivity contribution < 1.29 is 38.6 Å². The van der Waals surface area contributed by atoms with E-state index in [1.165, 1.54) is 18.7 Å². The van der Waals surface area contributed by atoms with Gasteiger partial charge in [0.05, 0.1) is 19.1 Å². The van der Waals surface area contributed by atoms with Crippen molar-refractivity contribution in [3.05, 3.63) is 71.4 Å². The second-order valence-electron chi connectivity index (χ2n) is 11.0. The van der Waals surface area contributed by atoms with Crippen LogP contribution in [0, 0.1) is 5.92 Å². The molecule has 2 fully saturated rings. The van der Waals surface area contributed by atoms with Gasteiger partial charge < -0.3 is 24.8 Å². The van der Waals surface area contributed by atoms with E-state index < -0.39 is 29.3 Å². The minimum Gasteiger partial charge on any atom is -0.497 e. The molecule has 12 heteroatoms. The zero-order valence-electron chi connectivity index (χ0n) is 24.6. The van der Waals surface area contributed by atoms with Gasteiger partial charge in [-0.05, 0) is 42.7 Å². The molecule has 3 aliphatic heterocycles. The van der Waals surface area contributed by atoms with Gasteiger partial charge in [0.2, 0.25) is 11.8 Å². The number of β-lactam (4-membered cyclic amide) rings is 2. The standard InChI is InChI=1S/C32H35N3O8S/c1-19(36)43-17-21-18-44-31-26(30(39)35(31)28(21)32(40)41)33-25(37)12-8-4-7-11-24-27(20-9-5-3-6-10-20)34(29(24)38)22-13-15-23(42-2)16-14-22/h3,5-6,9-10,13-16,24,26-27,31H,4,7-8,11-12,17-18H2,1-2H3,(H,33,37)(H,40,41)/t24?,26-,27?,31-/m1/s1. The van der Waals surface area contributed by atoms with Crippen LogP contribution in [0.2, 0.25) is 0 Å². The molecule has 2 saturated heterocycles. The summed E-state index contributed by atoms with van der Waals surface area (Å²) in [5.41, 5.74) is 2.06. The Morgan fingerprint density at radius 2 is 1.70 bits per heavy atom. The molecule has 2 N–H and O–H groups in total. The van der Waals surface area contributed by atoms with Gasteiger partial charge in [0, 0.05) is 30.4 Å². The lowest BCUT2D eigenvalue weighted by Gasteiger charge is -2.49. The van der Waals surface area contributed by atoms with E-state index in [1.54, 1.807) is 7.11 Å². The summed E-state index contributed by atoms with van der Waals surface area (Å²) in [5, 5.41) is 11.9. The monoisotopic (exact) mass is 621 g/mol. The number of carboxylic acids is 1. The van der Waals surface area contributed by atoms with Gasteiger partial charge in [-0.25, -0.2) is 4.79 Å². The maximum atomic E-state index is 13.3. The van der Waals surface area contributed by atoms with Crippen molar-refractivity contribution in [2.24, 2.45) is 5.92 Å². The fourth-order valence-electron chi connectivity index (χ4n) is 5.95. The summed E-state index contributed by atoms with van der Waals surface area (Å²) >= 11 is 1.33. The minimum absolute atomic E-state index is 0.0692. The Bertz CT molecular complexity index is 1460. The van der Waals surface area contributed by atoms with Crippen molar-refractivity contribution in [1.82, 2.24) is 10.2 Å². The first kappa shape index (κ1) is 31.1. The molecular weight excluding hydrogens is 586 g/mol. The van der Waals surface area contributed by atoms with Crippen molar-refractivity contribution in [1.29, 1.82) is 0 Å². The smallest absolute Gasteiger partial charge is 0.352 e. The summed E-state index contributed by atoms with van der Waals surface area (Å²) in [6.45, 7) is 1.03. The number of hydrogen-bond donors (Lipinski definition) is 2. The Labute approximate surface area is 259 Å². The predicted octanol–water partition coefficient (Wildman–Crippen LogP) is 3.65. The Morgan fingerprint density at radius 3 is 2.36 bits per heavy atom. The molecule has 0 saturated carbocycles. The van der Waals surface area contributed by atoms with Crippen LogP contribution in [0.3, 0.4) is 0 Å². The minimum atomic E-state index is -1.28. The van der Waals surface area contributed by atoms with Crippen molar-refractivity contribution in [3.8, 4) is 5.75 Å². The Balaban J connectivity index is 1.10. The molecule has 44 heavy (non-hydrogen) atoms. The second kappa shape index (κ2) is 13.5. The van der Waals surface area contributed by atoms with E-state index in [1.807, 2.05) is 59.5 Å². The van der Waals surface area contributed by atoms with E-state index in [9.17, 15) is 29.1 Å². The first-order valence-corrected chi connectivity index (χ1v) is 15.6. The van der Waals surface area contributed by atoms with Gasteiger partial charge in [-0.3, -0.25) is 24.1 Å². The number of carbonyl (C=O) groups excluding carboxylic acids is 4. The number of nitrogens with zero attached hydrogens (tertiary/aromatic N) is 2. The van der Waals surface area contributed by atoms with Gasteiger partial charge >= 0.3 is 11.9 Å². The molecular formula is C32H35N3O8S. The van der Waals surface area contributed by atoms with Crippen molar-refractivity contribution >= 4 is 47.1 Å². The molecule has 0 aliphatic carbocycles. The molecule has 4 atom stereocenters. The number of hydrogen-bond acceptors (Lipinski definition) is 8. The quantitative estimate of drug-likeness (QED) is 0.195. The highest BCUT2D eigenvalue weighted by molar-refractivity contribution is 8.00. The SMILES string of the molecule is COc1ccc(N2C(=O)C(CCCCCC(=O)N[C@@H]3C(=O)N4C(C(=O)O)=C(COC(C)=O)CS[C@H]34)C2c2ccccc2)cc1. The maximum absolute atomic E-state index is 13.3. The van der Waals surface area contributed by atoms with Gasteiger partial charge in [0.25, 0.3) is 5.91 Å². The Morgan fingerprint density at radius 1 is 0.977 bits per heavy atom. The highest BCUT2D eigenvalue weighted by Crippen LogP contribution is 2.46. The second-order valence-corrected chi connectivity index (χ2v) is 12.1. The number of nitrogens with one attached hydrogen (secondary N) is 1. The third-order valence-corrected chi connectivity index (χ3v) is 9.48. The molecule has 2 aromatic carbocycles. The fraction of sp³-hybridized carbons (Fsp3) is 0.406. The number of carboxylic acid groups (broad SMARTS) is 1. The highest BCUT2D eigenvalue weighted by atomic mass is 32.2. The number of benzene rings is 2. The van der Waals surface area contributed by atoms with E-state index >= 15 is 0 Å². The molecule has 0 bridgehead atoms. The summed E-state index contributed by atoms with van der Waals surface area (Å²) < 4.78 is 10.2. The lowest BCUT2D eigenvalue weighted by molar-refractivity contribution is -0.151. The summed E-state index contributed by atoms with van der Waals surface area (Å²) in [4.78, 5) is 64.8. The van der Waals surface area contributed by atoms with Crippen LogP contribution in [0.5, 0.6) is 5.75 Å². The molecule has 2 unspecified atom stereocenters. The van der Waals surface area contributed by atoms with E-state index in [-0.39, 0.29) is 48.3 Å². The third kappa shape index (κ3) is 6.30. The lowest BCUT2D eigenvalue weighted by atomic mass is 9.78. The molecule has 0 radical (unpaired) electrons. The Kier molecular flexibility index (Phi) is 9.58. The molecule has 3 amide bonds. The molecule has 0 aromatic heterocycles. The van der Waals surface area contributed by atoms with Gasteiger partial charge in [-0.15, -0.1) is 11.8 Å². The van der Waals surface area contributed by atoms with E-state index in [0.717, 1.165) is 34.7 Å². The van der Waals surface area contributed by atoms with Gasteiger partial charge in [-0.2, -0.15) is 0 Å².